The van der Waals surface area contributed by atoms with E-state index in [2.05, 4.69) is 21.5 Å². The van der Waals surface area contributed by atoms with Crippen molar-refractivity contribution >= 4 is 11.6 Å². The molecule has 0 aliphatic heterocycles. The summed E-state index contributed by atoms with van der Waals surface area (Å²) in [6, 6.07) is 3.93. The maximum absolute atomic E-state index is 8.84. The maximum Gasteiger partial charge on any atom is 0.158 e. The number of nitriles is 1. The molecule has 0 aliphatic rings. The fraction of sp³-hybridized carbons (Fsp3) is 0.583. The monoisotopic (exact) mass is 264 g/mol. The Morgan fingerprint density at radius 2 is 2.32 bits per heavy atom. The van der Waals surface area contributed by atoms with Crippen molar-refractivity contribution in [2.75, 3.05) is 30.5 Å². The minimum Gasteiger partial charge on any atom is -0.374 e. The Balaban J connectivity index is 2.89. The zero-order valence-corrected chi connectivity index (χ0v) is 11.6. The number of rotatable bonds is 7. The molecule has 1 aromatic heterocycles. The van der Waals surface area contributed by atoms with Gasteiger partial charge in [-0.05, 0) is 13.8 Å². The Labute approximate surface area is 113 Å². The van der Waals surface area contributed by atoms with Gasteiger partial charge in [-0.15, -0.1) is 0 Å². The number of hydrazine groups is 1. The Morgan fingerprint density at radius 1 is 1.58 bits per heavy atom. The van der Waals surface area contributed by atoms with Gasteiger partial charge in [0.1, 0.15) is 18.2 Å². The van der Waals surface area contributed by atoms with E-state index in [0.29, 0.717) is 37.2 Å². The molecule has 0 radical (unpaired) electrons. The number of hydrogen-bond acceptors (Lipinski definition) is 7. The van der Waals surface area contributed by atoms with Crippen molar-refractivity contribution in [3.8, 4) is 6.07 Å². The van der Waals surface area contributed by atoms with E-state index < -0.39 is 0 Å². The van der Waals surface area contributed by atoms with Crippen LogP contribution in [0.2, 0.25) is 0 Å². The average Bonchev–Trinajstić information content (AvgIpc) is 2.44. The number of nitrogen functional groups attached to an aromatic ring is 1. The second-order valence-electron chi connectivity index (χ2n) is 4.22. The molecule has 0 saturated heterocycles. The minimum atomic E-state index is -0.0791. The lowest BCUT2D eigenvalue weighted by atomic mass is 10.2. The summed E-state index contributed by atoms with van der Waals surface area (Å²) in [5.74, 6) is 7.10. The third-order valence-corrected chi connectivity index (χ3v) is 2.50. The highest BCUT2D eigenvalue weighted by atomic mass is 16.5. The van der Waals surface area contributed by atoms with E-state index in [1.807, 2.05) is 25.8 Å². The maximum atomic E-state index is 8.84. The van der Waals surface area contributed by atoms with Gasteiger partial charge < -0.3 is 15.1 Å². The fourth-order valence-corrected chi connectivity index (χ4v) is 1.56. The van der Waals surface area contributed by atoms with Crippen molar-refractivity contribution in [3.05, 3.63) is 11.9 Å². The summed E-state index contributed by atoms with van der Waals surface area (Å²) in [4.78, 5) is 10.5. The highest BCUT2D eigenvalue weighted by Crippen LogP contribution is 2.15. The van der Waals surface area contributed by atoms with E-state index in [9.17, 15) is 0 Å². The van der Waals surface area contributed by atoms with Crippen LogP contribution in [0.4, 0.5) is 11.6 Å². The van der Waals surface area contributed by atoms with Gasteiger partial charge in [0, 0.05) is 26.3 Å². The van der Waals surface area contributed by atoms with Crippen LogP contribution in [0.25, 0.3) is 0 Å². The quantitative estimate of drug-likeness (QED) is 0.557. The first-order chi connectivity index (χ1) is 9.10. The molecule has 7 nitrogen and oxygen atoms in total. The third kappa shape index (κ3) is 4.69. The Bertz CT molecular complexity index is 444. The summed E-state index contributed by atoms with van der Waals surface area (Å²) in [6.07, 6.45) is 0. The van der Waals surface area contributed by atoms with Crippen LogP contribution < -0.4 is 16.2 Å². The molecule has 1 heterocycles. The predicted molar refractivity (Wildman–Crippen MR) is 73.2 cm³/mol. The van der Waals surface area contributed by atoms with Crippen molar-refractivity contribution < 1.29 is 4.74 Å². The smallest absolute Gasteiger partial charge is 0.158 e. The van der Waals surface area contributed by atoms with Gasteiger partial charge in [-0.25, -0.2) is 15.8 Å². The average molecular weight is 264 g/mol. The van der Waals surface area contributed by atoms with Gasteiger partial charge in [0.05, 0.1) is 12.0 Å². The number of anilines is 2. The van der Waals surface area contributed by atoms with Crippen molar-refractivity contribution in [1.29, 1.82) is 5.26 Å². The van der Waals surface area contributed by atoms with Crippen molar-refractivity contribution in [2.45, 2.75) is 20.5 Å². The molecular weight excluding hydrogens is 244 g/mol. The first kappa shape index (κ1) is 15.1. The van der Waals surface area contributed by atoms with Crippen LogP contribution in [0.1, 0.15) is 19.7 Å². The highest BCUT2D eigenvalue weighted by molar-refractivity contribution is 5.48. The zero-order valence-electron chi connectivity index (χ0n) is 11.6. The van der Waals surface area contributed by atoms with Crippen LogP contribution in [-0.2, 0) is 11.3 Å². The molecule has 1 aromatic rings. The van der Waals surface area contributed by atoms with Gasteiger partial charge in [0.15, 0.2) is 5.82 Å². The van der Waals surface area contributed by atoms with Crippen molar-refractivity contribution in [1.82, 2.24) is 9.97 Å². The van der Waals surface area contributed by atoms with Crippen molar-refractivity contribution in [2.24, 2.45) is 11.8 Å². The number of nitrogens with one attached hydrogen (secondary N) is 1. The second kappa shape index (κ2) is 7.51. The number of nitrogens with two attached hydrogens (primary N) is 1. The molecule has 3 N–H and O–H groups in total. The Morgan fingerprint density at radius 3 is 2.89 bits per heavy atom. The summed E-state index contributed by atoms with van der Waals surface area (Å²) >= 11 is 0. The molecule has 0 fully saturated rings. The summed E-state index contributed by atoms with van der Waals surface area (Å²) in [5.41, 5.74) is 2.51. The third-order valence-electron chi connectivity index (χ3n) is 2.50. The number of hydrogen-bond donors (Lipinski definition) is 2. The first-order valence-electron chi connectivity index (χ1n) is 6.13. The molecule has 0 spiro atoms. The van der Waals surface area contributed by atoms with Gasteiger partial charge in [-0.3, -0.25) is 0 Å². The lowest BCUT2D eigenvalue weighted by Crippen LogP contribution is -2.25. The Hall–Kier alpha value is -1.91. The van der Waals surface area contributed by atoms with Crippen molar-refractivity contribution in [3.63, 3.8) is 0 Å². The molecule has 0 bridgehead atoms. The van der Waals surface area contributed by atoms with E-state index in [-0.39, 0.29) is 5.92 Å². The van der Waals surface area contributed by atoms with E-state index in [1.165, 1.54) is 0 Å². The standard InChI is InChI=1S/C12H20N6O/c1-4-19-8-11-15-10(17-14)5-12(16-11)18(3)7-9(2)6-13/h5,9H,4,7-8,14H2,1-3H3,(H,15,16,17). The number of ether oxygens (including phenoxy) is 1. The second-order valence-corrected chi connectivity index (χ2v) is 4.22. The molecule has 0 amide bonds. The molecule has 7 heteroatoms. The van der Waals surface area contributed by atoms with Crippen LogP contribution in [-0.4, -0.2) is 30.2 Å². The van der Waals surface area contributed by atoms with Crippen LogP contribution in [0.5, 0.6) is 0 Å². The predicted octanol–water partition coefficient (Wildman–Crippen LogP) is 0.895. The summed E-state index contributed by atoms with van der Waals surface area (Å²) in [6.45, 7) is 5.29. The molecule has 1 unspecified atom stereocenters. The zero-order chi connectivity index (χ0) is 14.3. The molecule has 0 aliphatic carbocycles. The molecular formula is C12H20N6O. The van der Waals surface area contributed by atoms with Gasteiger partial charge >= 0.3 is 0 Å². The molecule has 0 aromatic carbocycles. The van der Waals surface area contributed by atoms with E-state index in [4.69, 9.17) is 15.8 Å². The summed E-state index contributed by atoms with van der Waals surface area (Å²) in [7, 11) is 1.88. The topological polar surface area (TPSA) is 100 Å². The van der Waals surface area contributed by atoms with Crippen LogP contribution in [0.15, 0.2) is 6.07 Å². The van der Waals surface area contributed by atoms with Crippen LogP contribution in [0, 0.1) is 17.2 Å². The molecule has 1 rings (SSSR count). The summed E-state index contributed by atoms with van der Waals surface area (Å²) in [5, 5.41) is 8.84. The van der Waals surface area contributed by atoms with Gasteiger partial charge in [-0.2, -0.15) is 5.26 Å². The highest BCUT2D eigenvalue weighted by Gasteiger charge is 2.11. The van der Waals surface area contributed by atoms with Gasteiger partial charge in [0.2, 0.25) is 0 Å². The number of aromatic nitrogens is 2. The molecule has 1 atom stereocenters. The Kier molecular flexibility index (Phi) is 5.99. The molecule has 19 heavy (non-hydrogen) atoms. The molecule has 104 valence electrons. The normalized spacial score (nSPS) is 11.7. The lowest BCUT2D eigenvalue weighted by molar-refractivity contribution is 0.128. The first-order valence-corrected chi connectivity index (χ1v) is 6.13. The molecule has 0 saturated carbocycles. The minimum absolute atomic E-state index is 0.0791. The van der Waals surface area contributed by atoms with Crippen LogP contribution in [0.3, 0.4) is 0 Å². The fourth-order valence-electron chi connectivity index (χ4n) is 1.56. The largest absolute Gasteiger partial charge is 0.374 e. The van der Waals surface area contributed by atoms with E-state index >= 15 is 0 Å². The van der Waals surface area contributed by atoms with Gasteiger partial charge in [-0.1, -0.05) is 0 Å². The lowest BCUT2D eigenvalue weighted by Gasteiger charge is -2.20. The van der Waals surface area contributed by atoms with E-state index in [0.717, 1.165) is 0 Å². The van der Waals surface area contributed by atoms with Crippen LogP contribution >= 0.6 is 0 Å². The number of nitrogens with zero attached hydrogens (tertiary/aromatic N) is 4. The van der Waals surface area contributed by atoms with Gasteiger partial charge in [0.25, 0.3) is 0 Å². The van der Waals surface area contributed by atoms with E-state index in [1.54, 1.807) is 6.07 Å². The summed E-state index contributed by atoms with van der Waals surface area (Å²) < 4.78 is 5.29. The SMILES string of the molecule is CCOCc1nc(NN)cc(N(C)CC(C)C#N)n1.